The molecule has 8 nitrogen and oxygen atoms in total. The van der Waals surface area contributed by atoms with Gasteiger partial charge in [0.25, 0.3) is 0 Å². The molecular weight excluding hydrogens is 1720 g/mol. The van der Waals surface area contributed by atoms with Crippen molar-refractivity contribution in [1.82, 2.24) is 0 Å². The summed E-state index contributed by atoms with van der Waals surface area (Å²) in [5, 5.41) is 4.80. The van der Waals surface area contributed by atoms with Crippen LogP contribution in [0.15, 0.2) is 80.4 Å². The van der Waals surface area contributed by atoms with Crippen molar-refractivity contribution in [2.45, 2.75) is 188 Å². The zero-order chi connectivity index (χ0) is 70.6. The van der Waals surface area contributed by atoms with E-state index in [0.29, 0.717) is 69.6 Å². The van der Waals surface area contributed by atoms with Crippen LogP contribution >= 0.6 is 123 Å². The van der Waals surface area contributed by atoms with E-state index in [-0.39, 0.29) is 23.9 Å². The van der Waals surface area contributed by atoms with E-state index in [9.17, 15) is 19.2 Å². The van der Waals surface area contributed by atoms with Crippen LogP contribution in [-0.4, -0.2) is 87.1 Å². The molecule has 0 N–H and O–H groups in total. The number of carbonyl (C=O) groups is 4. The van der Waals surface area contributed by atoms with Gasteiger partial charge in [-0.1, -0.05) is 120 Å². The number of carbonyl (C=O) groups excluding carboxylic acids is 4. The van der Waals surface area contributed by atoms with Crippen molar-refractivity contribution in [3.05, 3.63) is 99.9 Å². The zero-order valence-corrected chi connectivity index (χ0v) is 75.1. The molecule has 20 heteroatoms. The van der Waals surface area contributed by atoms with Crippen molar-refractivity contribution in [3.8, 4) is 41.8 Å². The van der Waals surface area contributed by atoms with Crippen molar-refractivity contribution < 1.29 is 38.1 Å². The number of unbranched alkanes of at least 4 members (excludes halogenated alkanes) is 4. The van der Waals surface area contributed by atoms with Crippen molar-refractivity contribution in [2.24, 2.45) is 23.7 Å². The molecule has 4 atom stereocenters. The molecule has 0 radical (unpaired) electrons. The summed E-state index contributed by atoms with van der Waals surface area (Å²) in [6.45, 7) is 19.4. The van der Waals surface area contributed by atoms with Gasteiger partial charge >= 0.3 is 298 Å². The van der Waals surface area contributed by atoms with Gasteiger partial charge in [-0.3, -0.25) is 0 Å². The van der Waals surface area contributed by atoms with Crippen LogP contribution in [0.1, 0.15) is 197 Å². The molecule has 8 aromatic heterocycles. The summed E-state index contributed by atoms with van der Waals surface area (Å²) in [5.74, 6) is 0.716. The Bertz CT molecular complexity index is 3950. The molecule has 0 saturated carbocycles. The van der Waals surface area contributed by atoms with Crippen LogP contribution in [0.5, 0.6) is 0 Å². The minimum absolute atomic E-state index is 0.210. The van der Waals surface area contributed by atoms with Crippen LogP contribution in [0.25, 0.3) is 82.1 Å². The fourth-order valence-electron chi connectivity index (χ4n) is 12.2. The maximum Gasteiger partial charge on any atom is 0.348 e. The number of ether oxygens (including phenoxy) is 4. The van der Waals surface area contributed by atoms with E-state index in [2.05, 4.69) is 153 Å². The molecule has 0 aliphatic carbocycles. The number of fused-ring (bicyclic) bond motifs is 4. The Morgan fingerprint density at radius 3 is 0.806 bits per heavy atom. The van der Waals surface area contributed by atoms with Gasteiger partial charge in [-0.25, -0.2) is 9.59 Å². The minimum Gasteiger partial charge on any atom is -0.461 e. The monoisotopic (exact) mass is 1820 g/mol. The quantitative estimate of drug-likeness (QED) is 0.0223. The van der Waals surface area contributed by atoms with Gasteiger partial charge in [0.05, 0.1) is 20.8 Å². The molecule has 0 amide bonds. The summed E-state index contributed by atoms with van der Waals surface area (Å²) in [6, 6.07) is 25.4. The number of benzene rings is 2. The molecule has 4 unspecified atom stereocenters. The normalized spacial score (nSPS) is 13.3. The number of rotatable bonds is 34. The fraction of sp³-hybridized carbons (Fsp3) is 0.487. The topological polar surface area (TPSA) is 105 Å². The van der Waals surface area contributed by atoms with E-state index in [4.69, 9.17) is 18.9 Å². The summed E-state index contributed by atoms with van der Waals surface area (Å²) in [7, 11) is 0. The summed E-state index contributed by atoms with van der Waals surface area (Å²) in [5.41, 5.74) is 4.76. The average molecular weight is 1820 g/mol. The molecule has 0 bridgehead atoms. The number of hydrogen-bond donors (Lipinski definition) is 0. The number of hydrogen-bond acceptors (Lipinski definition) is 16. The first-order valence-electron chi connectivity index (χ1n) is 35.4. The van der Waals surface area contributed by atoms with Gasteiger partial charge < -0.3 is 9.47 Å². The second-order valence-electron chi connectivity index (χ2n) is 28.0. The first kappa shape index (κ1) is 79.6. The van der Waals surface area contributed by atoms with Crippen molar-refractivity contribution in [2.75, 3.05) is 26.4 Å². The van der Waals surface area contributed by atoms with Gasteiger partial charge in [0.1, 0.15) is 9.75 Å². The van der Waals surface area contributed by atoms with Crippen LogP contribution in [0.2, 0.25) is 29.6 Å². The minimum atomic E-state index is -2.50. The fourth-order valence-corrected chi connectivity index (χ4v) is 32.5. The van der Waals surface area contributed by atoms with Crippen LogP contribution in [-0.2, 0) is 18.9 Å². The van der Waals surface area contributed by atoms with Gasteiger partial charge in [-0.05, 0) is 92.9 Å². The van der Waals surface area contributed by atoms with Crippen LogP contribution in [0.3, 0.4) is 0 Å². The Balaban J connectivity index is 0.000000231. The smallest absolute Gasteiger partial charge is 0.348 e. The Morgan fingerprint density at radius 1 is 0.347 bits per heavy atom. The van der Waals surface area contributed by atoms with Gasteiger partial charge in [-0.2, -0.15) is 0 Å². The van der Waals surface area contributed by atoms with Crippen LogP contribution < -0.4 is 5.79 Å². The summed E-state index contributed by atoms with van der Waals surface area (Å²) < 4.78 is 33.4. The number of halogens is 2. The predicted octanol–water partition coefficient (Wildman–Crippen LogP) is 27.3. The van der Waals surface area contributed by atoms with E-state index in [1.807, 2.05) is 59.1 Å². The molecular formula is C78H98Br2O8S8Sn2. The molecule has 0 spiro atoms. The van der Waals surface area contributed by atoms with Crippen molar-refractivity contribution in [3.63, 3.8) is 0 Å². The number of thiophene rings is 8. The molecule has 8 heterocycles. The largest absolute Gasteiger partial charge is 0.461 e. The second-order valence-corrected chi connectivity index (χ2v) is 70.1. The van der Waals surface area contributed by atoms with E-state index >= 15 is 0 Å². The first-order valence-corrected chi connectivity index (χ1v) is 63.5. The van der Waals surface area contributed by atoms with E-state index in [1.165, 1.54) is 72.6 Å². The zero-order valence-electron chi connectivity index (χ0n) is 59.7. The van der Waals surface area contributed by atoms with Crippen molar-refractivity contribution in [1.29, 1.82) is 0 Å². The van der Waals surface area contributed by atoms with Gasteiger partial charge in [0.15, 0.2) is 0 Å². The van der Waals surface area contributed by atoms with E-state index in [0.717, 1.165) is 148 Å². The molecule has 0 saturated heterocycles. The molecule has 528 valence electrons. The van der Waals surface area contributed by atoms with Gasteiger partial charge in [0, 0.05) is 41.1 Å². The van der Waals surface area contributed by atoms with E-state index < -0.39 is 36.8 Å². The van der Waals surface area contributed by atoms with Crippen LogP contribution in [0.4, 0.5) is 0 Å². The number of esters is 4. The maximum atomic E-state index is 13.4. The Kier molecular flexibility index (Phi) is 30.0. The Labute approximate surface area is 639 Å². The maximum absolute atomic E-state index is 13.4. The SMILES string of the molecule is CCCCC(CC)COC(=O)c1ccc(-c2c3c[c]([Sn]([CH3])([CH3])[CH3])sc3c(-c3ccc(C(=O)OCC(CC)CCCC)s3)c3c[c]([Sn]([CH3])([CH3])[CH3])sc23)s1.CCCCC(CC)COC(=O)c1ccc(-c2c3cc(Br)sc3c(-c3ccc(C(=O)OCC(CC)CCCC)s3)c3cc(Br)sc23)s1. The Morgan fingerprint density at radius 2 is 0.582 bits per heavy atom. The molecule has 0 fully saturated rings. The van der Waals surface area contributed by atoms with Gasteiger partial charge in [0.2, 0.25) is 0 Å². The average Bonchev–Trinajstić information content (AvgIpc) is 1.54. The predicted molar refractivity (Wildman–Crippen MR) is 443 cm³/mol. The third-order valence-corrected chi connectivity index (χ3v) is 47.3. The Hall–Kier alpha value is -2.48. The molecule has 2 aromatic carbocycles. The molecule has 98 heavy (non-hydrogen) atoms. The molecule has 10 aromatic rings. The third-order valence-electron chi connectivity index (χ3n) is 18.5. The molecule has 0 aliphatic rings. The van der Waals surface area contributed by atoms with Crippen molar-refractivity contribution >= 4 is 229 Å². The molecule has 0 aliphatic heterocycles. The first-order chi connectivity index (χ1) is 47.0. The summed E-state index contributed by atoms with van der Waals surface area (Å²) in [6.07, 6.45) is 17.7. The third kappa shape index (κ3) is 19.7. The molecule has 10 rings (SSSR count). The summed E-state index contributed by atoms with van der Waals surface area (Å²) >= 11 is 15.9. The summed E-state index contributed by atoms with van der Waals surface area (Å²) in [4.78, 5) is 74.8. The van der Waals surface area contributed by atoms with Gasteiger partial charge in [-0.15, -0.1) is 45.3 Å². The van der Waals surface area contributed by atoms with Crippen LogP contribution in [0, 0.1) is 23.7 Å². The van der Waals surface area contributed by atoms with E-state index in [1.54, 1.807) is 45.3 Å². The standard InChI is InChI=1S/C36H40Br2O4S4.C36H40O4S4.6CH3.2Sn/c1-5-9-11-21(7-3)19-41-35(39)27-15-13-25(43-27)31-23-17-29(37)46-34(23)32(24-18-30(38)45-33(24)31)26-14-16-28(44-26)36(40)42-20-22(8-4)12-10-6-2;1-5-9-11-23(7-3)21-39-35(37)29-15-13-27(43-29)31-25-17-19-42-34(25)32(26-18-20-41-33(26)31)28-14-16-30(44-28)36(38)40-22-24(8-4)12-10-6-2;;;;;;;;/h13-18,21-22H,5-12,19-20H2,1-4H3;13-18,23-24H,5-12,21-22H2,1-4H3;6*1H3;;. The second kappa shape index (κ2) is 37.0.